The van der Waals surface area contributed by atoms with Crippen molar-refractivity contribution in [3.05, 3.63) is 58.5 Å². The summed E-state index contributed by atoms with van der Waals surface area (Å²) in [7, 11) is 4.57. The zero-order valence-electron chi connectivity index (χ0n) is 15.2. The van der Waals surface area contributed by atoms with Crippen molar-refractivity contribution < 1.29 is 23.8 Å². The third-order valence-electron chi connectivity index (χ3n) is 4.04. The number of nitrogens with zero attached hydrogens (tertiary/aromatic N) is 1. The fourth-order valence-corrected chi connectivity index (χ4v) is 3.58. The summed E-state index contributed by atoms with van der Waals surface area (Å²) < 4.78 is 16.0. The number of imide groups is 1. The molecule has 0 aliphatic carbocycles. The molecule has 2 aromatic carbocycles. The maximum absolute atomic E-state index is 12.7. The van der Waals surface area contributed by atoms with Crippen LogP contribution in [0.3, 0.4) is 0 Å². The first-order chi connectivity index (χ1) is 13.1. The van der Waals surface area contributed by atoms with Gasteiger partial charge in [-0.2, -0.15) is 0 Å². The normalized spacial score (nSPS) is 15.4. The zero-order valence-corrected chi connectivity index (χ0v) is 16.0. The zero-order chi connectivity index (χ0) is 19.4. The van der Waals surface area contributed by atoms with Crippen LogP contribution in [0, 0.1) is 0 Å². The van der Waals surface area contributed by atoms with Gasteiger partial charge >= 0.3 is 0 Å². The van der Waals surface area contributed by atoms with Crippen molar-refractivity contribution in [3.63, 3.8) is 0 Å². The van der Waals surface area contributed by atoms with Gasteiger partial charge in [-0.25, -0.2) is 0 Å². The minimum absolute atomic E-state index is 0.248. The third kappa shape index (κ3) is 3.93. The van der Waals surface area contributed by atoms with Gasteiger partial charge in [-0.1, -0.05) is 30.3 Å². The van der Waals surface area contributed by atoms with Gasteiger partial charge in [0, 0.05) is 0 Å². The number of benzene rings is 2. The van der Waals surface area contributed by atoms with E-state index in [4.69, 9.17) is 14.2 Å². The Bertz CT molecular complexity index is 869. The van der Waals surface area contributed by atoms with Gasteiger partial charge in [0.05, 0.1) is 32.8 Å². The Hall–Kier alpha value is -2.93. The number of thioether (sulfide) groups is 1. The van der Waals surface area contributed by atoms with Gasteiger partial charge < -0.3 is 14.2 Å². The van der Waals surface area contributed by atoms with Crippen LogP contribution in [0.5, 0.6) is 17.2 Å². The van der Waals surface area contributed by atoms with E-state index < -0.39 is 0 Å². The number of methoxy groups -OCH3 is 3. The minimum atomic E-state index is -0.317. The number of hydrogen-bond donors (Lipinski definition) is 0. The second-order valence-corrected chi connectivity index (χ2v) is 6.71. The molecule has 0 unspecified atom stereocenters. The van der Waals surface area contributed by atoms with Gasteiger partial charge in [-0.05, 0) is 41.1 Å². The van der Waals surface area contributed by atoms with Crippen molar-refractivity contribution in [2.75, 3.05) is 21.3 Å². The Labute approximate surface area is 161 Å². The summed E-state index contributed by atoms with van der Waals surface area (Å²) in [5.74, 6) is 1.11. The van der Waals surface area contributed by atoms with E-state index in [0.717, 1.165) is 17.3 Å². The quantitative estimate of drug-likeness (QED) is 0.702. The highest BCUT2D eigenvalue weighted by Crippen LogP contribution is 2.40. The van der Waals surface area contributed by atoms with Gasteiger partial charge in [0.25, 0.3) is 11.1 Å². The number of carbonyl (C=O) groups is 2. The van der Waals surface area contributed by atoms with E-state index in [9.17, 15) is 9.59 Å². The summed E-state index contributed by atoms with van der Waals surface area (Å²) >= 11 is 0.918. The first-order valence-electron chi connectivity index (χ1n) is 8.16. The Morgan fingerprint density at radius 3 is 2.15 bits per heavy atom. The van der Waals surface area contributed by atoms with E-state index in [-0.39, 0.29) is 17.7 Å². The van der Waals surface area contributed by atoms with Crippen molar-refractivity contribution in [1.29, 1.82) is 0 Å². The molecule has 0 atom stereocenters. The summed E-state index contributed by atoms with van der Waals surface area (Å²) in [6, 6.07) is 12.9. The lowest BCUT2D eigenvalue weighted by molar-refractivity contribution is -0.123. The molecule has 2 amide bonds. The van der Waals surface area contributed by atoms with E-state index in [0.29, 0.717) is 27.7 Å². The predicted molar refractivity (Wildman–Crippen MR) is 104 cm³/mol. The van der Waals surface area contributed by atoms with Crippen LogP contribution in [-0.4, -0.2) is 37.4 Å². The number of carbonyl (C=O) groups excluding carboxylic acids is 2. The molecular formula is C20H19NO5S. The second kappa shape index (κ2) is 8.18. The van der Waals surface area contributed by atoms with Gasteiger partial charge in [-0.3, -0.25) is 14.5 Å². The Morgan fingerprint density at radius 1 is 0.963 bits per heavy atom. The van der Waals surface area contributed by atoms with Crippen LogP contribution in [-0.2, 0) is 11.3 Å². The lowest BCUT2D eigenvalue weighted by Crippen LogP contribution is -2.27. The minimum Gasteiger partial charge on any atom is -0.493 e. The van der Waals surface area contributed by atoms with Crippen LogP contribution in [0.4, 0.5) is 4.79 Å². The monoisotopic (exact) mass is 385 g/mol. The van der Waals surface area contributed by atoms with Crippen molar-refractivity contribution in [1.82, 2.24) is 4.90 Å². The molecule has 1 saturated heterocycles. The highest BCUT2D eigenvalue weighted by Gasteiger charge is 2.35. The van der Waals surface area contributed by atoms with Crippen molar-refractivity contribution in [2.24, 2.45) is 0 Å². The SMILES string of the molecule is COc1cc(C=C2SC(=O)N(Cc3ccccc3)C2=O)cc(OC)c1OC. The molecule has 7 heteroatoms. The van der Waals surface area contributed by atoms with Crippen LogP contribution in [0.1, 0.15) is 11.1 Å². The van der Waals surface area contributed by atoms with Crippen molar-refractivity contribution in [2.45, 2.75) is 6.54 Å². The fourth-order valence-electron chi connectivity index (χ4n) is 2.74. The molecule has 1 fully saturated rings. The molecule has 0 saturated carbocycles. The molecule has 3 rings (SSSR count). The molecule has 0 aromatic heterocycles. The second-order valence-electron chi connectivity index (χ2n) is 5.71. The number of ether oxygens (including phenoxy) is 3. The lowest BCUT2D eigenvalue weighted by Gasteiger charge is -2.13. The third-order valence-corrected chi connectivity index (χ3v) is 4.95. The smallest absolute Gasteiger partial charge is 0.293 e. The van der Waals surface area contributed by atoms with Crippen LogP contribution >= 0.6 is 11.8 Å². The summed E-state index contributed by atoms with van der Waals surface area (Å²) in [6.45, 7) is 0.248. The van der Waals surface area contributed by atoms with Crippen molar-refractivity contribution in [3.8, 4) is 17.2 Å². The topological polar surface area (TPSA) is 65.1 Å². The molecule has 0 radical (unpaired) electrons. The molecule has 1 heterocycles. The molecule has 27 heavy (non-hydrogen) atoms. The molecule has 6 nitrogen and oxygen atoms in total. The van der Waals surface area contributed by atoms with E-state index in [1.54, 1.807) is 18.2 Å². The Morgan fingerprint density at radius 2 is 1.59 bits per heavy atom. The van der Waals surface area contributed by atoms with Crippen molar-refractivity contribution >= 4 is 29.0 Å². The molecule has 0 N–H and O–H groups in total. The first-order valence-corrected chi connectivity index (χ1v) is 8.98. The number of amides is 2. The summed E-state index contributed by atoms with van der Waals surface area (Å²) in [6.07, 6.45) is 1.65. The highest BCUT2D eigenvalue weighted by atomic mass is 32.2. The van der Waals surface area contributed by atoms with Gasteiger partial charge in [0.2, 0.25) is 5.75 Å². The van der Waals surface area contributed by atoms with Gasteiger partial charge in [0.1, 0.15) is 0 Å². The predicted octanol–water partition coefficient (Wildman–Crippen LogP) is 3.95. The molecular weight excluding hydrogens is 366 g/mol. The fraction of sp³-hybridized carbons (Fsp3) is 0.200. The Kier molecular flexibility index (Phi) is 5.71. The van der Waals surface area contributed by atoms with Gasteiger partial charge in [0.15, 0.2) is 11.5 Å². The van der Waals surface area contributed by atoms with Crippen LogP contribution in [0.25, 0.3) is 6.08 Å². The summed E-state index contributed by atoms with van der Waals surface area (Å²) in [4.78, 5) is 26.6. The molecule has 0 spiro atoms. The molecule has 1 aliphatic heterocycles. The average Bonchev–Trinajstić information content (AvgIpc) is 2.95. The van der Waals surface area contributed by atoms with Gasteiger partial charge in [-0.15, -0.1) is 0 Å². The summed E-state index contributed by atoms with van der Waals surface area (Å²) in [5, 5.41) is -0.289. The standard InChI is InChI=1S/C20H19NO5S/c1-24-15-9-14(10-16(25-2)18(15)26-3)11-17-19(22)21(20(23)27-17)12-13-7-5-4-6-8-13/h4-11H,12H2,1-3H3. The van der Waals surface area contributed by atoms with E-state index in [2.05, 4.69) is 0 Å². The largest absolute Gasteiger partial charge is 0.493 e. The van der Waals surface area contributed by atoms with Crippen LogP contribution < -0.4 is 14.2 Å². The number of rotatable bonds is 6. The molecule has 1 aliphatic rings. The first kappa shape index (κ1) is 18.8. The van der Waals surface area contributed by atoms with Crippen LogP contribution in [0.15, 0.2) is 47.4 Å². The van der Waals surface area contributed by atoms with E-state index in [1.165, 1.54) is 26.2 Å². The highest BCUT2D eigenvalue weighted by molar-refractivity contribution is 8.18. The molecule has 140 valence electrons. The molecule has 0 bridgehead atoms. The maximum Gasteiger partial charge on any atom is 0.293 e. The Balaban J connectivity index is 1.89. The van der Waals surface area contributed by atoms with Crippen LogP contribution in [0.2, 0.25) is 0 Å². The maximum atomic E-state index is 12.7. The van der Waals surface area contributed by atoms with E-state index >= 15 is 0 Å². The lowest BCUT2D eigenvalue weighted by atomic mass is 10.1. The molecule has 2 aromatic rings. The van der Waals surface area contributed by atoms with E-state index in [1.807, 2.05) is 30.3 Å². The average molecular weight is 385 g/mol. The summed E-state index contributed by atoms with van der Waals surface area (Å²) in [5.41, 5.74) is 1.57. The number of hydrogen-bond acceptors (Lipinski definition) is 6.